The number of hydrogen-bond donors (Lipinski definition) is 2. The number of fused-ring (bicyclic) bond motifs is 1. The molecule has 8 heteroatoms. The third-order valence-electron chi connectivity index (χ3n) is 4.80. The summed E-state index contributed by atoms with van der Waals surface area (Å²) in [6.07, 6.45) is 7.15. The van der Waals surface area contributed by atoms with Crippen molar-refractivity contribution in [1.82, 2.24) is 14.5 Å². The zero-order valence-corrected chi connectivity index (χ0v) is 16.4. The van der Waals surface area contributed by atoms with Gasteiger partial charge in [0.1, 0.15) is 12.1 Å². The lowest BCUT2D eigenvalue weighted by Crippen LogP contribution is -2.34. The van der Waals surface area contributed by atoms with Crippen LogP contribution in [0.3, 0.4) is 0 Å². The Balaban J connectivity index is 0.00000131. The van der Waals surface area contributed by atoms with E-state index in [2.05, 4.69) is 15.3 Å². The van der Waals surface area contributed by atoms with Crippen LogP contribution in [0.25, 0.3) is 16.9 Å². The minimum Gasteiger partial charge on any atom is -0.328 e. The minimum atomic E-state index is 0. The van der Waals surface area contributed by atoms with Crippen molar-refractivity contribution < 1.29 is 4.79 Å². The fourth-order valence-electron chi connectivity index (χ4n) is 3.45. The highest BCUT2D eigenvalue weighted by molar-refractivity contribution is 5.92. The van der Waals surface area contributed by atoms with Crippen LogP contribution in [0, 0.1) is 5.92 Å². The van der Waals surface area contributed by atoms with E-state index in [1.807, 2.05) is 41.0 Å². The van der Waals surface area contributed by atoms with Gasteiger partial charge in [-0.3, -0.25) is 9.36 Å². The van der Waals surface area contributed by atoms with Gasteiger partial charge in [0.2, 0.25) is 5.91 Å². The number of para-hydroxylation sites is 2. The van der Waals surface area contributed by atoms with E-state index in [4.69, 9.17) is 5.73 Å². The number of aromatic nitrogens is 3. The Labute approximate surface area is 170 Å². The Kier molecular flexibility index (Phi) is 7.18. The summed E-state index contributed by atoms with van der Waals surface area (Å²) in [6.45, 7) is 0. The van der Waals surface area contributed by atoms with Gasteiger partial charge in [-0.2, -0.15) is 0 Å². The SMILES string of the molecule is Cl.Cl.NC1CCCC(C(=O)Nc2ccc(-n3cnc4ccccc43)nc2)C1. The number of halogens is 2. The molecule has 3 aromatic rings. The number of hydrogen-bond acceptors (Lipinski definition) is 4. The Morgan fingerprint density at radius 2 is 1.93 bits per heavy atom. The van der Waals surface area contributed by atoms with Crippen LogP contribution in [-0.4, -0.2) is 26.5 Å². The first kappa shape index (κ1) is 21.2. The molecule has 1 aromatic carbocycles. The van der Waals surface area contributed by atoms with Crippen LogP contribution in [0.4, 0.5) is 5.69 Å². The van der Waals surface area contributed by atoms with E-state index in [1.165, 1.54) is 0 Å². The number of pyridine rings is 1. The summed E-state index contributed by atoms with van der Waals surface area (Å²) >= 11 is 0. The number of rotatable bonds is 3. The average Bonchev–Trinajstić information content (AvgIpc) is 3.06. The highest BCUT2D eigenvalue weighted by Gasteiger charge is 2.25. The third-order valence-corrected chi connectivity index (χ3v) is 4.80. The highest BCUT2D eigenvalue weighted by Crippen LogP contribution is 2.24. The molecule has 0 saturated heterocycles. The monoisotopic (exact) mass is 407 g/mol. The molecule has 144 valence electrons. The van der Waals surface area contributed by atoms with Gasteiger partial charge in [0.15, 0.2) is 0 Å². The molecular weight excluding hydrogens is 385 g/mol. The predicted octanol–water partition coefficient (Wildman–Crippen LogP) is 3.72. The normalized spacial score (nSPS) is 19.0. The van der Waals surface area contributed by atoms with Gasteiger partial charge in [0.25, 0.3) is 0 Å². The molecule has 1 aliphatic carbocycles. The summed E-state index contributed by atoms with van der Waals surface area (Å²) in [6, 6.07) is 11.8. The van der Waals surface area contributed by atoms with Gasteiger partial charge in [0.05, 0.1) is 22.9 Å². The first-order valence-corrected chi connectivity index (χ1v) is 8.65. The van der Waals surface area contributed by atoms with Crippen LogP contribution in [-0.2, 0) is 4.79 Å². The first-order chi connectivity index (χ1) is 12.2. The lowest BCUT2D eigenvalue weighted by Gasteiger charge is -2.25. The second-order valence-electron chi connectivity index (χ2n) is 6.62. The van der Waals surface area contributed by atoms with Crippen LogP contribution in [0.2, 0.25) is 0 Å². The third kappa shape index (κ3) is 4.58. The van der Waals surface area contributed by atoms with E-state index in [0.29, 0.717) is 5.69 Å². The van der Waals surface area contributed by atoms with Gasteiger partial charge in [-0.05, 0) is 43.5 Å². The molecule has 1 saturated carbocycles. The molecule has 1 amide bonds. The summed E-state index contributed by atoms with van der Waals surface area (Å²) in [5.41, 5.74) is 8.61. The Morgan fingerprint density at radius 3 is 2.67 bits per heavy atom. The van der Waals surface area contributed by atoms with Crippen molar-refractivity contribution in [3.63, 3.8) is 0 Å². The largest absolute Gasteiger partial charge is 0.328 e. The molecule has 0 spiro atoms. The zero-order chi connectivity index (χ0) is 17.2. The molecule has 2 atom stereocenters. The number of anilines is 1. The van der Waals surface area contributed by atoms with E-state index >= 15 is 0 Å². The molecule has 27 heavy (non-hydrogen) atoms. The standard InChI is InChI=1S/C19H21N5O.2ClH/c20-14-5-3-4-13(10-14)19(25)23-15-8-9-18(21-11-15)24-12-22-16-6-1-2-7-17(16)24;;/h1-2,6-9,11-14H,3-5,10,20H2,(H,23,25);2*1H. The van der Waals surface area contributed by atoms with Gasteiger partial charge in [0, 0.05) is 12.0 Å². The van der Waals surface area contributed by atoms with Crippen LogP contribution < -0.4 is 11.1 Å². The maximum Gasteiger partial charge on any atom is 0.227 e. The van der Waals surface area contributed by atoms with E-state index in [1.54, 1.807) is 12.5 Å². The van der Waals surface area contributed by atoms with E-state index < -0.39 is 0 Å². The van der Waals surface area contributed by atoms with Gasteiger partial charge in [-0.25, -0.2) is 9.97 Å². The topological polar surface area (TPSA) is 85.8 Å². The molecule has 6 nitrogen and oxygen atoms in total. The molecule has 0 radical (unpaired) electrons. The summed E-state index contributed by atoms with van der Waals surface area (Å²) < 4.78 is 1.93. The molecule has 2 unspecified atom stereocenters. The number of nitrogens with two attached hydrogens (primary N) is 1. The minimum absolute atomic E-state index is 0. The number of nitrogens with one attached hydrogen (secondary N) is 1. The van der Waals surface area contributed by atoms with Gasteiger partial charge in [-0.15, -0.1) is 24.8 Å². The Morgan fingerprint density at radius 1 is 1.11 bits per heavy atom. The second kappa shape index (κ2) is 9.17. The zero-order valence-electron chi connectivity index (χ0n) is 14.7. The van der Waals surface area contributed by atoms with Crippen LogP contribution in [0.5, 0.6) is 0 Å². The molecule has 4 rings (SSSR count). The number of imidazole rings is 1. The summed E-state index contributed by atoms with van der Waals surface area (Å²) in [4.78, 5) is 21.2. The van der Waals surface area contributed by atoms with Crippen molar-refractivity contribution in [1.29, 1.82) is 0 Å². The van der Waals surface area contributed by atoms with Crippen molar-refractivity contribution in [2.45, 2.75) is 31.7 Å². The summed E-state index contributed by atoms with van der Waals surface area (Å²) in [5, 5.41) is 2.96. The second-order valence-corrected chi connectivity index (χ2v) is 6.62. The smallest absolute Gasteiger partial charge is 0.227 e. The maximum atomic E-state index is 12.4. The highest BCUT2D eigenvalue weighted by atomic mass is 35.5. The number of carbonyl (C=O) groups is 1. The lowest BCUT2D eigenvalue weighted by molar-refractivity contribution is -0.120. The molecule has 0 bridgehead atoms. The molecule has 3 N–H and O–H groups in total. The van der Waals surface area contributed by atoms with E-state index in [0.717, 1.165) is 42.5 Å². The van der Waals surface area contributed by atoms with Gasteiger partial charge >= 0.3 is 0 Å². The molecule has 2 aromatic heterocycles. The van der Waals surface area contributed by atoms with Gasteiger partial charge < -0.3 is 11.1 Å². The fraction of sp³-hybridized carbons (Fsp3) is 0.316. The summed E-state index contributed by atoms with van der Waals surface area (Å²) in [5.74, 6) is 0.810. The number of carbonyl (C=O) groups excluding carboxylic acids is 1. The van der Waals surface area contributed by atoms with Crippen LogP contribution in [0.1, 0.15) is 25.7 Å². The van der Waals surface area contributed by atoms with Crippen molar-refractivity contribution >= 4 is 47.4 Å². The number of amides is 1. The van der Waals surface area contributed by atoms with Crippen molar-refractivity contribution in [3.8, 4) is 5.82 Å². The van der Waals surface area contributed by atoms with Crippen LogP contribution in [0.15, 0.2) is 48.9 Å². The predicted molar refractivity (Wildman–Crippen MR) is 112 cm³/mol. The molecule has 0 aliphatic heterocycles. The van der Waals surface area contributed by atoms with E-state index in [9.17, 15) is 4.79 Å². The average molecular weight is 408 g/mol. The molecule has 1 aliphatic rings. The number of benzene rings is 1. The Hall–Kier alpha value is -2.15. The molecule has 2 heterocycles. The van der Waals surface area contributed by atoms with E-state index in [-0.39, 0.29) is 42.7 Å². The van der Waals surface area contributed by atoms with Crippen molar-refractivity contribution in [2.24, 2.45) is 11.7 Å². The van der Waals surface area contributed by atoms with Crippen LogP contribution >= 0.6 is 24.8 Å². The fourth-order valence-corrected chi connectivity index (χ4v) is 3.45. The van der Waals surface area contributed by atoms with Crippen molar-refractivity contribution in [3.05, 3.63) is 48.9 Å². The lowest BCUT2D eigenvalue weighted by atomic mass is 9.85. The number of nitrogens with zero attached hydrogens (tertiary/aromatic N) is 3. The summed E-state index contributed by atoms with van der Waals surface area (Å²) in [7, 11) is 0. The molecule has 1 fully saturated rings. The van der Waals surface area contributed by atoms with Gasteiger partial charge in [-0.1, -0.05) is 18.6 Å². The van der Waals surface area contributed by atoms with Crippen molar-refractivity contribution in [2.75, 3.05) is 5.32 Å². The molecular formula is C19H23Cl2N5O. The Bertz CT molecular complexity index is 897. The quantitative estimate of drug-likeness (QED) is 0.692. The maximum absolute atomic E-state index is 12.4. The first-order valence-electron chi connectivity index (χ1n) is 8.65.